The molecule has 3 rings (SSSR count). The maximum absolute atomic E-state index is 12.6. The van der Waals surface area contributed by atoms with Gasteiger partial charge < -0.3 is 15.4 Å². The molecular weight excluding hydrogens is 383 g/mol. The molecule has 6 heteroatoms. The molecule has 2 aromatic carbocycles. The van der Waals surface area contributed by atoms with Crippen LogP contribution < -0.4 is 10.5 Å². The van der Waals surface area contributed by atoms with Crippen LogP contribution in [-0.4, -0.2) is 30.4 Å². The molecule has 1 aliphatic heterocycles. The van der Waals surface area contributed by atoms with Gasteiger partial charge in [-0.1, -0.05) is 42.8 Å². The number of ether oxygens (including phenoxy) is 1. The highest BCUT2D eigenvalue weighted by atomic mass is 35.5. The normalized spacial score (nSPS) is 18.9. The van der Waals surface area contributed by atoms with E-state index in [-0.39, 0.29) is 23.7 Å². The maximum Gasteiger partial charge on any atom is 0.227 e. The van der Waals surface area contributed by atoms with E-state index in [9.17, 15) is 4.79 Å². The standard InChI is InChI=1S/C21H25ClN2O2.ClH/c1-21(14-23)8-9-24(15-21)20(25)12-16-4-3-7-19(11-16)26-13-17-5-2-6-18(22)10-17;/h2-7,10-11H,8-9,12-15,23H2,1H3;1H. The van der Waals surface area contributed by atoms with Crippen LogP contribution in [0.4, 0.5) is 0 Å². The predicted molar refractivity (Wildman–Crippen MR) is 112 cm³/mol. The molecule has 0 spiro atoms. The summed E-state index contributed by atoms with van der Waals surface area (Å²) in [4.78, 5) is 14.5. The van der Waals surface area contributed by atoms with Crippen molar-refractivity contribution in [1.82, 2.24) is 4.90 Å². The Morgan fingerprint density at radius 3 is 2.67 bits per heavy atom. The van der Waals surface area contributed by atoms with Crippen molar-refractivity contribution in [2.45, 2.75) is 26.4 Å². The molecular formula is C21H26Cl2N2O2. The smallest absolute Gasteiger partial charge is 0.227 e. The minimum atomic E-state index is 0. The van der Waals surface area contributed by atoms with E-state index in [2.05, 4.69) is 6.92 Å². The van der Waals surface area contributed by atoms with E-state index in [4.69, 9.17) is 22.1 Å². The summed E-state index contributed by atoms with van der Waals surface area (Å²) < 4.78 is 5.85. The molecule has 1 unspecified atom stereocenters. The molecule has 0 saturated carbocycles. The van der Waals surface area contributed by atoms with Gasteiger partial charge in [-0.3, -0.25) is 4.79 Å². The Balaban J connectivity index is 0.00000261. The molecule has 1 heterocycles. The largest absolute Gasteiger partial charge is 0.489 e. The van der Waals surface area contributed by atoms with E-state index in [0.29, 0.717) is 24.6 Å². The Bertz CT molecular complexity index is 784. The van der Waals surface area contributed by atoms with Crippen LogP contribution in [-0.2, 0) is 17.8 Å². The zero-order valence-corrected chi connectivity index (χ0v) is 17.1. The molecule has 0 radical (unpaired) electrons. The molecule has 1 atom stereocenters. The van der Waals surface area contributed by atoms with E-state index in [1.807, 2.05) is 53.4 Å². The van der Waals surface area contributed by atoms with Crippen molar-refractivity contribution in [3.63, 3.8) is 0 Å². The first-order valence-corrected chi connectivity index (χ1v) is 9.29. The first-order chi connectivity index (χ1) is 12.5. The van der Waals surface area contributed by atoms with E-state index in [0.717, 1.165) is 36.4 Å². The topological polar surface area (TPSA) is 55.6 Å². The Hall–Kier alpha value is -1.75. The van der Waals surface area contributed by atoms with Crippen molar-refractivity contribution in [2.24, 2.45) is 11.1 Å². The van der Waals surface area contributed by atoms with Crippen molar-refractivity contribution in [3.05, 3.63) is 64.7 Å². The molecule has 0 aromatic heterocycles. The number of hydrogen-bond donors (Lipinski definition) is 1. The molecule has 0 bridgehead atoms. The van der Waals surface area contributed by atoms with Gasteiger partial charge in [0.1, 0.15) is 12.4 Å². The number of nitrogens with zero attached hydrogens (tertiary/aromatic N) is 1. The zero-order valence-electron chi connectivity index (χ0n) is 15.5. The summed E-state index contributed by atoms with van der Waals surface area (Å²) in [6.07, 6.45) is 1.35. The minimum absolute atomic E-state index is 0. The summed E-state index contributed by atoms with van der Waals surface area (Å²) in [7, 11) is 0. The van der Waals surface area contributed by atoms with Crippen LogP contribution in [0.2, 0.25) is 5.02 Å². The lowest BCUT2D eigenvalue weighted by molar-refractivity contribution is -0.129. The van der Waals surface area contributed by atoms with Gasteiger partial charge in [0.25, 0.3) is 0 Å². The molecule has 2 N–H and O–H groups in total. The summed E-state index contributed by atoms with van der Waals surface area (Å²) in [6.45, 7) is 4.73. The van der Waals surface area contributed by atoms with Gasteiger partial charge in [0.15, 0.2) is 0 Å². The number of amides is 1. The van der Waals surface area contributed by atoms with Crippen molar-refractivity contribution in [1.29, 1.82) is 0 Å². The van der Waals surface area contributed by atoms with Gasteiger partial charge >= 0.3 is 0 Å². The molecule has 1 fully saturated rings. The van der Waals surface area contributed by atoms with E-state index in [1.54, 1.807) is 0 Å². The van der Waals surface area contributed by atoms with Crippen LogP contribution in [0.15, 0.2) is 48.5 Å². The number of benzene rings is 2. The number of nitrogens with two attached hydrogens (primary N) is 1. The second-order valence-corrected chi connectivity index (χ2v) is 7.76. The molecule has 27 heavy (non-hydrogen) atoms. The quantitative estimate of drug-likeness (QED) is 0.782. The molecule has 4 nitrogen and oxygen atoms in total. The van der Waals surface area contributed by atoms with Gasteiger partial charge in [0, 0.05) is 18.1 Å². The molecule has 1 aliphatic rings. The molecule has 0 aliphatic carbocycles. The second-order valence-electron chi connectivity index (χ2n) is 7.32. The Morgan fingerprint density at radius 2 is 1.96 bits per heavy atom. The lowest BCUT2D eigenvalue weighted by atomic mass is 9.90. The molecule has 2 aromatic rings. The van der Waals surface area contributed by atoms with Gasteiger partial charge in [0.2, 0.25) is 5.91 Å². The van der Waals surface area contributed by atoms with Gasteiger partial charge in [-0.25, -0.2) is 0 Å². The van der Waals surface area contributed by atoms with Crippen molar-refractivity contribution >= 4 is 29.9 Å². The summed E-state index contributed by atoms with van der Waals surface area (Å²) in [5.41, 5.74) is 7.85. The Labute approximate surface area is 172 Å². The van der Waals surface area contributed by atoms with Gasteiger partial charge in [-0.15, -0.1) is 12.4 Å². The number of rotatable bonds is 6. The van der Waals surface area contributed by atoms with Crippen LogP contribution in [0.5, 0.6) is 5.75 Å². The van der Waals surface area contributed by atoms with E-state index < -0.39 is 0 Å². The van der Waals surface area contributed by atoms with Crippen molar-refractivity contribution < 1.29 is 9.53 Å². The van der Waals surface area contributed by atoms with Crippen molar-refractivity contribution in [2.75, 3.05) is 19.6 Å². The van der Waals surface area contributed by atoms with Crippen LogP contribution >= 0.6 is 24.0 Å². The lowest BCUT2D eigenvalue weighted by Crippen LogP contribution is -2.35. The van der Waals surface area contributed by atoms with Gasteiger partial charge in [-0.05, 0) is 53.8 Å². The highest BCUT2D eigenvalue weighted by molar-refractivity contribution is 6.30. The van der Waals surface area contributed by atoms with Gasteiger partial charge in [0.05, 0.1) is 6.42 Å². The van der Waals surface area contributed by atoms with E-state index >= 15 is 0 Å². The average molecular weight is 409 g/mol. The summed E-state index contributed by atoms with van der Waals surface area (Å²) >= 11 is 6.00. The van der Waals surface area contributed by atoms with Crippen LogP contribution in [0.1, 0.15) is 24.5 Å². The maximum atomic E-state index is 12.6. The lowest BCUT2D eigenvalue weighted by Gasteiger charge is -2.22. The van der Waals surface area contributed by atoms with Crippen LogP contribution in [0.3, 0.4) is 0 Å². The first-order valence-electron chi connectivity index (χ1n) is 8.91. The Morgan fingerprint density at radius 1 is 1.22 bits per heavy atom. The fourth-order valence-electron chi connectivity index (χ4n) is 3.23. The number of halogens is 2. The third-order valence-electron chi connectivity index (χ3n) is 4.95. The second kappa shape index (κ2) is 9.45. The third kappa shape index (κ3) is 5.86. The zero-order chi connectivity index (χ0) is 18.6. The minimum Gasteiger partial charge on any atom is -0.489 e. The number of hydrogen-bond acceptors (Lipinski definition) is 3. The molecule has 1 amide bonds. The summed E-state index contributed by atoms with van der Waals surface area (Å²) in [5.74, 6) is 0.901. The predicted octanol–water partition coefficient (Wildman–Crippen LogP) is 4.08. The summed E-state index contributed by atoms with van der Waals surface area (Å²) in [6, 6.07) is 15.3. The number of carbonyl (C=O) groups is 1. The Kier molecular flexibility index (Phi) is 7.54. The number of carbonyl (C=O) groups excluding carboxylic acids is 1. The molecule has 1 saturated heterocycles. The highest BCUT2D eigenvalue weighted by Gasteiger charge is 2.34. The fourth-order valence-corrected chi connectivity index (χ4v) is 3.44. The molecule has 146 valence electrons. The SMILES string of the molecule is CC1(CN)CCN(C(=O)Cc2cccc(OCc3cccc(Cl)c3)c2)C1.Cl. The first kappa shape index (κ1) is 21.5. The monoisotopic (exact) mass is 408 g/mol. The average Bonchev–Trinajstić information content (AvgIpc) is 3.04. The van der Waals surface area contributed by atoms with Crippen LogP contribution in [0, 0.1) is 5.41 Å². The highest BCUT2D eigenvalue weighted by Crippen LogP contribution is 2.29. The number of likely N-dealkylation sites (tertiary alicyclic amines) is 1. The van der Waals surface area contributed by atoms with Crippen LogP contribution in [0.25, 0.3) is 0 Å². The van der Waals surface area contributed by atoms with Crippen molar-refractivity contribution in [3.8, 4) is 5.75 Å². The van der Waals surface area contributed by atoms with E-state index in [1.165, 1.54) is 0 Å². The third-order valence-corrected chi connectivity index (χ3v) is 5.19. The summed E-state index contributed by atoms with van der Waals surface area (Å²) in [5, 5.41) is 0.695. The fraction of sp³-hybridized carbons (Fsp3) is 0.381. The van der Waals surface area contributed by atoms with Gasteiger partial charge in [-0.2, -0.15) is 0 Å².